The number of aromatic hydroxyl groups is 1. The van der Waals surface area contributed by atoms with Crippen molar-refractivity contribution in [2.24, 2.45) is 0 Å². The number of halogens is 1. The second-order valence-corrected chi connectivity index (χ2v) is 4.89. The van der Waals surface area contributed by atoms with Crippen molar-refractivity contribution in [3.05, 3.63) is 54.3 Å². The van der Waals surface area contributed by atoms with Gasteiger partial charge in [-0.3, -0.25) is 0 Å². The third-order valence-corrected chi connectivity index (χ3v) is 3.36. The zero-order valence-electron chi connectivity index (χ0n) is 12.3. The van der Waals surface area contributed by atoms with Crippen LogP contribution in [0.2, 0.25) is 0 Å². The molecule has 0 saturated heterocycles. The first-order chi connectivity index (χ1) is 11.1. The van der Waals surface area contributed by atoms with Gasteiger partial charge in [0.1, 0.15) is 17.3 Å². The molecule has 23 heavy (non-hydrogen) atoms. The van der Waals surface area contributed by atoms with Gasteiger partial charge < -0.3 is 15.6 Å². The summed E-state index contributed by atoms with van der Waals surface area (Å²) >= 11 is 0. The number of methoxy groups -OCH3 is 1. The van der Waals surface area contributed by atoms with E-state index in [4.69, 9.17) is 10.5 Å². The van der Waals surface area contributed by atoms with Crippen LogP contribution >= 0.6 is 0 Å². The molecule has 0 atom stereocenters. The van der Waals surface area contributed by atoms with Crippen LogP contribution in [0.5, 0.6) is 11.5 Å². The summed E-state index contributed by atoms with van der Waals surface area (Å²) < 4.78 is 18.1. The lowest BCUT2D eigenvalue weighted by Gasteiger charge is -2.09. The van der Waals surface area contributed by atoms with Gasteiger partial charge in [-0.2, -0.15) is 0 Å². The highest BCUT2D eigenvalue weighted by Crippen LogP contribution is 2.33. The van der Waals surface area contributed by atoms with Gasteiger partial charge in [-0.1, -0.05) is 0 Å². The van der Waals surface area contributed by atoms with Crippen LogP contribution in [0.1, 0.15) is 0 Å². The number of phenols is 1. The fourth-order valence-corrected chi connectivity index (χ4v) is 2.23. The molecule has 0 aliphatic heterocycles. The third-order valence-electron chi connectivity index (χ3n) is 3.36. The normalized spacial score (nSPS) is 10.5. The lowest BCUT2D eigenvalue weighted by atomic mass is 10.1. The van der Waals surface area contributed by atoms with Crippen LogP contribution in [0.15, 0.2) is 48.5 Å². The van der Waals surface area contributed by atoms with Gasteiger partial charge in [0.05, 0.1) is 18.5 Å². The van der Waals surface area contributed by atoms with Crippen molar-refractivity contribution in [3.63, 3.8) is 0 Å². The zero-order valence-corrected chi connectivity index (χ0v) is 12.3. The van der Waals surface area contributed by atoms with Crippen LogP contribution < -0.4 is 10.5 Å². The standard InChI is InChI=1S/C17H14FN3O2/c1-23-12-6-7-13(16(22)8-12)15-9-14(20-17(19)21-15)10-2-4-11(18)5-3-10/h2-9,22H,1H3,(H2,19,20,21). The van der Waals surface area contributed by atoms with E-state index >= 15 is 0 Å². The molecule has 0 aliphatic carbocycles. The number of ether oxygens (including phenoxy) is 1. The molecule has 1 heterocycles. The second-order valence-electron chi connectivity index (χ2n) is 4.89. The van der Waals surface area contributed by atoms with Crippen LogP contribution in [-0.4, -0.2) is 22.2 Å². The summed E-state index contributed by atoms with van der Waals surface area (Å²) in [6.45, 7) is 0. The Balaban J connectivity index is 2.09. The van der Waals surface area contributed by atoms with Gasteiger partial charge in [0.25, 0.3) is 0 Å². The van der Waals surface area contributed by atoms with Crippen molar-refractivity contribution >= 4 is 5.95 Å². The van der Waals surface area contributed by atoms with Crippen LogP contribution in [0.25, 0.3) is 22.5 Å². The van der Waals surface area contributed by atoms with Crippen LogP contribution in [0.4, 0.5) is 10.3 Å². The smallest absolute Gasteiger partial charge is 0.221 e. The van der Waals surface area contributed by atoms with Crippen LogP contribution in [0, 0.1) is 5.82 Å². The molecule has 3 N–H and O–H groups in total. The molecule has 0 unspecified atom stereocenters. The van der Waals surface area contributed by atoms with E-state index in [1.54, 1.807) is 30.3 Å². The molecule has 0 fully saturated rings. The number of hydrogen-bond acceptors (Lipinski definition) is 5. The minimum absolute atomic E-state index is 0.0208. The van der Waals surface area contributed by atoms with Gasteiger partial charge in [-0.25, -0.2) is 14.4 Å². The van der Waals surface area contributed by atoms with Crippen molar-refractivity contribution in [2.75, 3.05) is 12.8 Å². The monoisotopic (exact) mass is 311 g/mol. The number of anilines is 1. The lowest BCUT2D eigenvalue weighted by molar-refractivity contribution is 0.408. The summed E-state index contributed by atoms with van der Waals surface area (Å²) in [6, 6.07) is 12.5. The molecule has 0 radical (unpaired) electrons. The number of nitrogen functional groups attached to an aromatic ring is 1. The Morgan fingerprint density at radius 2 is 1.70 bits per heavy atom. The maximum Gasteiger partial charge on any atom is 0.221 e. The molecule has 0 amide bonds. The Labute approximate surface area is 132 Å². The number of phenolic OH excluding ortho intramolecular Hbond substituents is 1. The average Bonchev–Trinajstić information content (AvgIpc) is 2.54. The van der Waals surface area contributed by atoms with E-state index in [2.05, 4.69) is 9.97 Å². The third kappa shape index (κ3) is 3.06. The summed E-state index contributed by atoms with van der Waals surface area (Å²) in [6.07, 6.45) is 0. The van der Waals surface area contributed by atoms with E-state index in [1.807, 2.05) is 0 Å². The zero-order chi connectivity index (χ0) is 16.4. The number of benzene rings is 2. The fourth-order valence-electron chi connectivity index (χ4n) is 2.23. The van der Waals surface area contributed by atoms with Gasteiger partial charge in [-0.15, -0.1) is 0 Å². The molecule has 0 spiro atoms. The number of rotatable bonds is 3. The highest BCUT2D eigenvalue weighted by molar-refractivity contribution is 5.73. The summed E-state index contributed by atoms with van der Waals surface area (Å²) in [7, 11) is 1.52. The van der Waals surface area contributed by atoms with Gasteiger partial charge in [-0.05, 0) is 42.5 Å². The Kier molecular flexibility index (Phi) is 3.80. The molecule has 3 aromatic rings. The summed E-state index contributed by atoms with van der Waals surface area (Å²) in [5.74, 6) is 0.292. The first-order valence-electron chi connectivity index (χ1n) is 6.84. The SMILES string of the molecule is COc1ccc(-c2cc(-c3ccc(F)cc3)nc(N)n2)c(O)c1. The highest BCUT2D eigenvalue weighted by atomic mass is 19.1. The van der Waals surface area contributed by atoms with Gasteiger partial charge >= 0.3 is 0 Å². The Hall–Kier alpha value is -3.15. The minimum Gasteiger partial charge on any atom is -0.507 e. The molecule has 6 heteroatoms. The quantitative estimate of drug-likeness (QED) is 0.776. The van der Waals surface area contributed by atoms with Crippen molar-refractivity contribution in [2.45, 2.75) is 0 Å². The van der Waals surface area contributed by atoms with Crippen molar-refractivity contribution in [1.82, 2.24) is 9.97 Å². The molecule has 0 bridgehead atoms. The first-order valence-corrected chi connectivity index (χ1v) is 6.84. The number of nitrogens with two attached hydrogens (primary N) is 1. The van der Waals surface area contributed by atoms with E-state index in [0.29, 0.717) is 28.3 Å². The van der Waals surface area contributed by atoms with E-state index < -0.39 is 0 Å². The molecule has 116 valence electrons. The predicted octanol–water partition coefficient (Wildman–Crippen LogP) is 3.25. The van der Waals surface area contributed by atoms with Gasteiger partial charge in [0.2, 0.25) is 5.95 Å². The van der Waals surface area contributed by atoms with Crippen LogP contribution in [-0.2, 0) is 0 Å². The molecular formula is C17H14FN3O2. The average molecular weight is 311 g/mol. The van der Waals surface area contributed by atoms with E-state index in [0.717, 1.165) is 0 Å². The molecule has 0 aliphatic rings. The molecule has 0 saturated carbocycles. The minimum atomic E-state index is -0.330. The summed E-state index contributed by atoms with van der Waals surface area (Å²) in [5, 5.41) is 10.1. The molecule has 3 rings (SSSR count). The molecule has 5 nitrogen and oxygen atoms in total. The van der Waals surface area contributed by atoms with Crippen molar-refractivity contribution in [1.29, 1.82) is 0 Å². The second kappa shape index (κ2) is 5.92. The Morgan fingerprint density at radius 3 is 2.35 bits per heavy atom. The van der Waals surface area contributed by atoms with E-state index in [9.17, 15) is 9.50 Å². The Morgan fingerprint density at radius 1 is 1.00 bits per heavy atom. The maximum absolute atomic E-state index is 13.0. The molecule has 1 aromatic heterocycles. The number of nitrogens with zero attached hydrogens (tertiary/aromatic N) is 2. The highest BCUT2D eigenvalue weighted by Gasteiger charge is 2.11. The van der Waals surface area contributed by atoms with Crippen LogP contribution in [0.3, 0.4) is 0 Å². The lowest BCUT2D eigenvalue weighted by Crippen LogP contribution is -1.99. The topological polar surface area (TPSA) is 81.3 Å². The molecule has 2 aromatic carbocycles. The fraction of sp³-hybridized carbons (Fsp3) is 0.0588. The largest absolute Gasteiger partial charge is 0.507 e. The maximum atomic E-state index is 13.0. The number of aromatic nitrogens is 2. The Bertz CT molecular complexity index is 851. The first kappa shape index (κ1) is 14.8. The number of hydrogen-bond donors (Lipinski definition) is 2. The summed E-state index contributed by atoms with van der Waals surface area (Å²) in [4.78, 5) is 8.32. The van der Waals surface area contributed by atoms with Crippen molar-refractivity contribution < 1.29 is 14.2 Å². The van der Waals surface area contributed by atoms with Gasteiger partial charge in [0.15, 0.2) is 0 Å². The molecular weight excluding hydrogens is 297 g/mol. The summed E-state index contributed by atoms with van der Waals surface area (Å²) in [5.41, 5.74) is 7.99. The van der Waals surface area contributed by atoms with Crippen molar-refractivity contribution in [3.8, 4) is 34.0 Å². The van der Waals surface area contributed by atoms with E-state index in [1.165, 1.54) is 25.3 Å². The van der Waals surface area contributed by atoms with E-state index in [-0.39, 0.29) is 17.5 Å². The van der Waals surface area contributed by atoms with Gasteiger partial charge in [0, 0.05) is 17.2 Å². The predicted molar refractivity (Wildman–Crippen MR) is 85.5 cm³/mol.